The van der Waals surface area contributed by atoms with Gasteiger partial charge in [0.25, 0.3) is 17.7 Å². The van der Waals surface area contributed by atoms with Crippen LogP contribution in [-0.2, 0) is 17.9 Å². The quantitative estimate of drug-likeness (QED) is 0.382. The van der Waals surface area contributed by atoms with Crippen LogP contribution in [-0.4, -0.2) is 48.9 Å². The summed E-state index contributed by atoms with van der Waals surface area (Å²) in [5.41, 5.74) is 2.45. The molecule has 3 amide bonds. The van der Waals surface area contributed by atoms with Gasteiger partial charge in [0.05, 0.1) is 30.3 Å². The number of hydrogen-bond donors (Lipinski definition) is 3. The lowest BCUT2D eigenvalue weighted by Crippen LogP contribution is -2.29. The number of rotatable bonds is 6. The SMILES string of the molecule is O=C1COc2ccc(CNC(=O)c3cc(C(=O)NCc4cnccn4)n4nccc4n3)cc2N1. The van der Waals surface area contributed by atoms with Gasteiger partial charge in [-0.25, -0.2) is 9.50 Å². The van der Waals surface area contributed by atoms with Gasteiger partial charge in [-0.2, -0.15) is 5.10 Å². The molecule has 170 valence electrons. The summed E-state index contributed by atoms with van der Waals surface area (Å²) in [5, 5.41) is 12.4. The van der Waals surface area contributed by atoms with Crippen molar-refractivity contribution in [3.63, 3.8) is 0 Å². The van der Waals surface area contributed by atoms with E-state index in [4.69, 9.17) is 4.74 Å². The molecule has 4 aromatic rings. The normalized spacial score (nSPS) is 12.4. The second-order valence-corrected chi connectivity index (χ2v) is 7.36. The van der Waals surface area contributed by atoms with E-state index in [0.717, 1.165) is 5.56 Å². The summed E-state index contributed by atoms with van der Waals surface area (Å²) in [6, 6.07) is 8.22. The number of ether oxygens (including phenoxy) is 1. The van der Waals surface area contributed by atoms with Crippen molar-refractivity contribution in [3.8, 4) is 5.75 Å². The van der Waals surface area contributed by atoms with Crippen LogP contribution in [0.2, 0.25) is 0 Å². The van der Waals surface area contributed by atoms with Crippen LogP contribution in [0, 0.1) is 0 Å². The van der Waals surface area contributed by atoms with E-state index in [1.165, 1.54) is 23.0 Å². The molecule has 0 radical (unpaired) electrons. The van der Waals surface area contributed by atoms with Crippen molar-refractivity contribution in [2.24, 2.45) is 0 Å². The Morgan fingerprint density at radius 2 is 1.94 bits per heavy atom. The fourth-order valence-electron chi connectivity index (χ4n) is 3.39. The van der Waals surface area contributed by atoms with E-state index in [9.17, 15) is 14.4 Å². The molecule has 3 N–H and O–H groups in total. The number of nitrogens with zero attached hydrogens (tertiary/aromatic N) is 5. The van der Waals surface area contributed by atoms with Gasteiger partial charge in [0.1, 0.15) is 17.1 Å². The molecule has 0 saturated heterocycles. The summed E-state index contributed by atoms with van der Waals surface area (Å²) in [4.78, 5) is 49.6. The molecule has 12 heteroatoms. The lowest BCUT2D eigenvalue weighted by Gasteiger charge is -2.18. The highest BCUT2D eigenvalue weighted by molar-refractivity contribution is 5.98. The molecule has 34 heavy (non-hydrogen) atoms. The highest BCUT2D eigenvalue weighted by Gasteiger charge is 2.19. The Balaban J connectivity index is 1.31. The van der Waals surface area contributed by atoms with Crippen LogP contribution in [0.4, 0.5) is 5.69 Å². The molecule has 12 nitrogen and oxygen atoms in total. The van der Waals surface area contributed by atoms with E-state index in [2.05, 4.69) is 36.0 Å². The lowest BCUT2D eigenvalue weighted by molar-refractivity contribution is -0.118. The first-order valence-corrected chi connectivity index (χ1v) is 10.3. The number of carbonyl (C=O) groups excluding carboxylic acids is 3. The molecule has 0 saturated carbocycles. The molecule has 1 aliphatic rings. The third kappa shape index (κ3) is 4.37. The molecule has 3 aromatic heterocycles. The first-order chi connectivity index (χ1) is 16.6. The van der Waals surface area contributed by atoms with Crippen molar-refractivity contribution >= 4 is 29.1 Å². The predicted molar refractivity (Wildman–Crippen MR) is 118 cm³/mol. The van der Waals surface area contributed by atoms with Gasteiger partial charge >= 0.3 is 0 Å². The zero-order valence-electron chi connectivity index (χ0n) is 17.7. The Morgan fingerprint density at radius 3 is 2.79 bits per heavy atom. The molecule has 0 atom stereocenters. The Bertz CT molecular complexity index is 1400. The van der Waals surface area contributed by atoms with Crippen LogP contribution in [0.15, 0.2) is 55.1 Å². The summed E-state index contributed by atoms with van der Waals surface area (Å²) in [6.07, 6.45) is 6.12. The first-order valence-electron chi connectivity index (χ1n) is 10.3. The summed E-state index contributed by atoms with van der Waals surface area (Å²) < 4.78 is 6.70. The highest BCUT2D eigenvalue weighted by Crippen LogP contribution is 2.28. The van der Waals surface area contributed by atoms with Crippen LogP contribution >= 0.6 is 0 Å². The number of anilines is 1. The predicted octanol–water partition coefficient (Wildman–Crippen LogP) is 0.710. The number of benzene rings is 1. The fraction of sp³-hybridized carbons (Fsp3) is 0.136. The van der Waals surface area contributed by atoms with Gasteiger partial charge in [-0.3, -0.25) is 24.4 Å². The smallest absolute Gasteiger partial charge is 0.270 e. The zero-order chi connectivity index (χ0) is 23.5. The Morgan fingerprint density at radius 1 is 1.06 bits per heavy atom. The number of amides is 3. The number of carbonyl (C=O) groups is 3. The van der Waals surface area contributed by atoms with Crippen molar-refractivity contribution in [2.75, 3.05) is 11.9 Å². The first kappa shape index (κ1) is 21.0. The van der Waals surface area contributed by atoms with Gasteiger partial charge in [-0.1, -0.05) is 6.07 Å². The summed E-state index contributed by atoms with van der Waals surface area (Å²) in [7, 11) is 0. The van der Waals surface area contributed by atoms with Gasteiger partial charge in [-0.15, -0.1) is 0 Å². The minimum atomic E-state index is -0.468. The van der Waals surface area contributed by atoms with Gasteiger partial charge in [-0.05, 0) is 17.7 Å². The Hall–Kier alpha value is -4.87. The molecule has 1 aliphatic heterocycles. The maximum absolute atomic E-state index is 12.8. The molecule has 0 spiro atoms. The van der Waals surface area contributed by atoms with Gasteiger partial charge in [0.2, 0.25) is 0 Å². The maximum Gasteiger partial charge on any atom is 0.270 e. The van der Waals surface area contributed by atoms with Crippen LogP contribution in [0.5, 0.6) is 5.75 Å². The second-order valence-electron chi connectivity index (χ2n) is 7.36. The van der Waals surface area contributed by atoms with Crippen molar-refractivity contribution < 1.29 is 19.1 Å². The lowest BCUT2D eigenvalue weighted by atomic mass is 10.1. The van der Waals surface area contributed by atoms with Crippen LogP contribution in [0.1, 0.15) is 32.2 Å². The van der Waals surface area contributed by atoms with Crippen molar-refractivity contribution in [1.29, 1.82) is 0 Å². The van der Waals surface area contributed by atoms with E-state index in [0.29, 0.717) is 22.8 Å². The van der Waals surface area contributed by atoms with Crippen LogP contribution < -0.4 is 20.7 Å². The van der Waals surface area contributed by atoms with E-state index in [1.54, 1.807) is 36.7 Å². The van der Waals surface area contributed by atoms with Crippen LogP contribution in [0.3, 0.4) is 0 Å². The largest absolute Gasteiger partial charge is 0.482 e. The molecule has 0 aliphatic carbocycles. The third-order valence-corrected chi connectivity index (χ3v) is 5.00. The van der Waals surface area contributed by atoms with Crippen molar-refractivity contribution in [1.82, 2.24) is 35.2 Å². The number of aromatic nitrogens is 5. The average Bonchev–Trinajstić information content (AvgIpc) is 3.34. The molecule has 4 heterocycles. The second kappa shape index (κ2) is 8.94. The van der Waals surface area contributed by atoms with Crippen molar-refractivity contribution in [2.45, 2.75) is 13.1 Å². The van der Waals surface area contributed by atoms with E-state index >= 15 is 0 Å². The minimum absolute atomic E-state index is 0.0273. The van der Waals surface area contributed by atoms with E-state index in [-0.39, 0.29) is 37.0 Å². The molecule has 0 fully saturated rings. The topological polar surface area (TPSA) is 152 Å². The molecule has 0 unspecified atom stereocenters. The van der Waals surface area contributed by atoms with E-state index < -0.39 is 11.8 Å². The van der Waals surface area contributed by atoms with Gasteiger partial charge in [0, 0.05) is 31.1 Å². The third-order valence-electron chi connectivity index (χ3n) is 5.00. The highest BCUT2D eigenvalue weighted by atomic mass is 16.5. The van der Waals surface area contributed by atoms with Crippen LogP contribution in [0.25, 0.3) is 5.65 Å². The molecular formula is C22H18N8O4. The zero-order valence-corrected chi connectivity index (χ0v) is 17.7. The summed E-state index contributed by atoms with van der Waals surface area (Å²) in [5.74, 6) is -0.581. The summed E-state index contributed by atoms with van der Waals surface area (Å²) >= 11 is 0. The van der Waals surface area contributed by atoms with Crippen molar-refractivity contribution in [3.05, 3.63) is 77.8 Å². The maximum atomic E-state index is 12.8. The molecule has 0 bridgehead atoms. The average molecular weight is 458 g/mol. The number of fused-ring (bicyclic) bond motifs is 2. The van der Waals surface area contributed by atoms with Gasteiger partial charge in [0.15, 0.2) is 12.3 Å². The van der Waals surface area contributed by atoms with E-state index in [1.807, 2.05) is 0 Å². The Kier molecular flexibility index (Phi) is 5.52. The summed E-state index contributed by atoms with van der Waals surface area (Å²) in [6.45, 7) is 0.320. The fourth-order valence-corrected chi connectivity index (χ4v) is 3.39. The molecule has 1 aromatic carbocycles. The van der Waals surface area contributed by atoms with Gasteiger partial charge < -0.3 is 20.7 Å². The number of hydrogen-bond acceptors (Lipinski definition) is 8. The molecular weight excluding hydrogens is 440 g/mol. The standard InChI is InChI=1S/C22H18N8O4/c31-20-12-34-18-2-1-13(7-15(18)29-20)9-25-21(32)16-8-17(30-19(28-16)3-4-27-30)22(33)26-11-14-10-23-5-6-24-14/h1-8,10H,9,11-12H2,(H,25,32)(H,26,33)(H,29,31). The monoisotopic (exact) mass is 458 g/mol. The Labute approximate surface area is 192 Å². The minimum Gasteiger partial charge on any atom is -0.482 e. The molecule has 5 rings (SSSR count). The number of nitrogens with one attached hydrogen (secondary N) is 3.